The minimum Gasteiger partial charge on any atom is -0.463 e. The van der Waals surface area contributed by atoms with Gasteiger partial charge in [0.1, 0.15) is 11.5 Å². The zero-order valence-electron chi connectivity index (χ0n) is 13.1. The van der Waals surface area contributed by atoms with Crippen molar-refractivity contribution in [1.82, 2.24) is 19.7 Å². The monoisotopic (exact) mass is 311 g/mol. The molecule has 3 aromatic heterocycles. The number of nitrogens with one attached hydrogen (secondary N) is 1. The first kappa shape index (κ1) is 15.0. The van der Waals surface area contributed by atoms with Crippen LogP contribution < -0.4 is 5.32 Å². The van der Waals surface area contributed by atoms with E-state index in [-0.39, 0.29) is 11.8 Å². The molecule has 118 valence electrons. The fourth-order valence-corrected chi connectivity index (χ4v) is 2.15. The Kier molecular flexibility index (Phi) is 3.92. The van der Waals surface area contributed by atoms with Crippen molar-refractivity contribution < 1.29 is 9.21 Å². The van der Waals surface area contributed by atoms with E-state index >= 15 is 0 Å². The third-order valence-corrected chi connectivity index (χ3v) is 3.27. The molecule has 1 amide bonds. The summed E-state index contributed by atoms with van der Waals surface area (Å²) in [6.45, 7) is 4.03. The normalized spacial score (nSPS) is 11.0. The highest BCUT2D eigenvalue weighted by molar-refractivity contribution is 6.07. The van der Waals surface area contributed by atoms with E-state index in [0.29, 0.717) is 22.7 Å². The highest BCUT2D eigenvalue weighted by Gasteiger charge is 2.19. The van der Waals surface area contributed by atoms with Crippen LogP contribution in [-0.4, -0.2) is 25.7 Å². The van der Waals surface area contributed by atoms with Gasteiger partial charge in [-0.1, -0.05) is 13.8 Å². The Hall–Kier alpha value is -2.96. The first-order chi connectivity index (χ1) is 11.0. The molecule has 0 aliphatic heterocycles. The molecule has 3 aromatic rings. The molecule has 0 aromatic carbocycles. The topological polar surface area (TPSA) is 85.8 Å². The molecule has 3 rings (SSSR count). The molecular formula is C16H17N5O2. The third kappa shape index (κ3) is 3.13. The van der Waals surface area contributed by atoms with Crippen molar-refractivity contribution in [3.63, 3.8) is 0 Å². The van der Waals surface area contributed by atoms with E-state index in [0.717, 1.165) is 5.82 Å². The van der Waals surface area contributed by atoms with Crippen LogP contribution in [0, 0.1) is 0 Å². The summed E-state index contributed by atoms with van der Waals surface area (Å²) in [6.07, 6.45) is 6.40. The molecule has 23 heavy (non-hydrogen) atoms. The second kappa shape index (κ2) is 6.04. The van der Waals surface area contributed by atoms with Gasteiger partial charge >= 0.3 is 0 Å². The van der Waals surface area contributed by atoms with Crippen LogP contribution >= 0.6 is 0 Å². The first-order valence-electron chi connectivity index (χ1n) is 7.25. The van der Waals surface area contributed by atoms with Crippen LogP contribution in [0.25, 0.3) is 11.5 Å². The van der Waals surface area contributed by atoms with E-state index in [4.69, 9.17) is 4.42 Å². The Bertz CT molecular complexity index is 804. The molecule has 1 N–H and O–H groups in total. The number of aryl methyl sites for hydroxylation is 1. The van der Waals surface area contributed by atoms with E-state index in [9.17, 15) is 4.79 Å². The Balaban J connectivity index is 1.84. The summed E-state index contributed by atoms with van der Waals surface area (Å²) in [5.41, 5.74) is 1.46. The predicted octanol–water partition coefficient (Wildman–Crippen LogP) is 2.85. The highest BCUT2D eigenvalue weighted by Crippen LogP contribution is 2.23. The molecule has 0 atom stereocenters. The molecular weight excluding hydrogens is 294 g/mol. The average Bonchev–Trinajstić information content (AvgIpc) is 3.16. The van der Waals surface area contributed by atoms with Crippen LogP contribution in [0.1, 0.15) is 35.9 Å². The summed E-state index contributed by atoms with van der Waals surface area (Å²) in [4.78, 5) is 21.0. The number of hydrogen-bond acceptors (Lipinski definition) is 5. The Morgan fingerprint density at radius 1 is 1.30 bits per heavy atom. The van der Waals surface area contributed by atoms with Crippen LogP contribution in [-0.2, 0) is 7.05 Å². The van der Waals surface area contributed by atoms with Gasteiger partial charge < -0.3 is 9.73 Å². The van der Waals surface area contributed by atoms with Gasteiger partial charge in [0.15, 0.2) is 5.76 Å². The quantitative estimate of drug-likeness (QED) is 0.800. The Morgan fingerprint density at radius 3 is 2.65 bits per heavy atom. The van der Waals surface area contributed by atoms with Gasteiger partial charge in [-0.15, -0.1) is 0 Å². The van der Waals surface area contributed by atoms with E-state index in [1.54, 1.807) is 48.7 Å². The van der Waals surface area contributed by atoms with Gasteiger partial charge in [-0.25, -0.2) is 9.97 Å². The maximum absolute atomic E-state index is 12.5. The van der Waals surface area contributed by atoms with Crippen LogP contribution in [0.2, 0.25) is 0 Å². The summed E-state index contributed by atoms with van der Waals surface area (Å²) in [7, 11) is 1.75. The third-order valence-electron chi connectivity index (χ3n) is 3.27. The van der Waals surface area contributed by atoms with Crippen molar-refractivity contribution >= 4 is 11.6 Å². The zero-order valence-corrected chi connectivity index (χ0v) is 13.1. The first-order valence-corrected chi connectivity index (χ1v) is 7.25. The van der Waals surface area contributed by atoms with E-state index in [1.807, 2.05) is 13.8 Å². The van der Waals surface area contributed by atoms with Gasteiger partial charge in [0, 0.05) is 19.2 Å². The standard InChI is InChI=1S/C16H17N5O2/c1-10(2)15-17-7-11(8-18-15)19-16(22)12-9-21(3)20-14(12)13-5-4-6-23-13/h4-10H,1-3H3,(H,19,22). The summed E-state index contributed by atoms with van der Waals surface area (Å²) >= 11 is 0. The largest absolute Gasteiger partial charge is 0.463 e. The van der Waals surface area contributed by atoms with Crippen molar-refractivity contribution in [2.45, 2.75) is 19.8 Å². The maximum atomic E-state index is 12.5. The number of amides is 1. The molecule has 0 aliphatic carbocycles. The minimum atomic E-state index is -0.287. The van der Waals surface area contributed by atoms with Gasteiger partial charge in [-0.3, -0.25) is 9.48 Å². The van der Waals surface area contributed by atoms with Crippen LogP contribution in [0.4, 0.5) is 5.69 Å². The predicted molar refractivity (Wildman–Crippen MR) is 85.0 cm³/mol. The second-order valence-electron chi connectivity index (χ2n) is 5.48. The van der Waals surface area contributed by atoms with E-state index in [1.165, 1.54) is 0 Å². The SMILES string of the molecule is CC(C)c1ncc(NC(=O)c2cn(C)nc2-c2ccco2)cn1. The fourth-order valence-electron chi connectivity index (χ4n) is 2.15. The number of furan rings is 1. The smallest absolute Gasteiger partial charge is 0.259 e. The van der Waals surface area contributed by atoms with E-state index < -0.39 is 0 Å². The van der Waals surface area contributed by atoms with Crippen molar-refractivity contribution in [2.24, 2.45) is 7.05 Å². The Morgan fingerprint density at radius 2 is 2.04 bits per heavy atom. The lowest BCUT2D eigenvalue weighted by atomic mass is 10.2. The Labute approximate surface area is 133 Å². The van der Waals surface area contributed by atoms with Crippen molar-refractivity contribution in [1.29, 1.82) is 0 Å². The average molecular weight is 311 g/mol. The number of aromatic nitrogens is 4. The number of carbonyl (C=O) groups is 1. The van der Waals surface area contributed by atoms with Crippen LogP contribution in [0.3, 0.4) is 0 Å². The highest BCUT2D eigenvalue weighted by atomic mass is 16.3. The van der Waals surface area contributed by atoms with E-state index in [2.05, 4.69) is 20.4 Å². The van der Waals surface area contributed by atoms with Gasteiger partial charge in [0.2, 0.25) is 0 Å². The molecule has 0 bridgehead atoms. The number of anilines is 1. The summed E-state index contributed by atoms with van der Waals surface area (Å²) in [5.74, 6) is 1.23. The maximum Gasteiger partial charge on any atom is 0.259 e. The molecule has 0 aliphatic rings. The second-order valence-corrected chi connectivity index (χ2v) is 5.48. The number of rotatable bonds is 4. The fraction of sp³-hybridized carbons (Fsp3) is 0.250. The molecule has 0 radical (unpaired) electrons. The van der Waals surface area contributed by atoms with Gasteiger partial charge in [0.25, 0.3) is 5.91 Å². The number of carbonyl (C=O) groups excluding carboxylic acids is 1. The van der Waals surface area contributed by atoms with Crippen LogP contribution in [0.15, 0.2) is 41.4 Å². The van der Waals surface area contributed by atoms with Crippen molar-refractivity contribution in [3.8, 4) is 11.5 Å². The molecule has 7 nitrogen and oxygen atoms in total. The summed E-state index contributed by atoms with van der Waals surface area (Å²) < 4.78 is 6.91. The lowest BCUT2D eigenvalue weighted by Gasteiger charge is -2.06. The molecule has 0 saturated heterocycles. The number of nitrogens with zero attached hydrogens (tertiary/aromatic N) is 4. The van der Waals surface area contributed by atoms with Crippen LogP contribution in [0.5, 0.6) is 0 Å². The molecule has 3 heterocycles. The summed E-state index contributed by atoms with van der Waals surface area (Å²) in [6, 6.07) is 3.52. The molecule has 0 saturated carbocycles. The molecule has 0 unspecified atom stereocenters. The van der Waals surface area contributed by atoms with Crippen molar-refractivity contribution in [2.75, 3.05) is 5.32 Å². The van der Waals surface area contributed by atoms with Gasteiger partial charge in [-0.2, -0.15) is 5.10 Å². The molecule has 0 fully saturated rings. The molecule has 0 spiro atoms. The van der Waals surface area contributed by atoms with Gasteiger partial charge in [-0.05, 0) is 12.1 Å². The van der Waals surface area contributed by atoms with Gasteiger partial charge in [0.05, 0.1) is 29.9 Å². The number of hydrogen-bond donors (Lipinski definition) is 1. The lowest BCUT2D eigenvalue weighted by Crippen LogP contribution is -2.13. The zero-order chi connectivity index (χ0) is 16.4. The lowest BCUT2D eigenvalue weighted by molar-refractivity contribution is 0.102. The minimum absolute atomic E-state index is 0.239. The molecule has 7 heteroatoms. The van der Waals surface area contributed by atoms with Crippen molar-refractivity contribution in [3.05, 3.63) is 48.4 Å². The summed E-state index contributed by atoms with van der Waals surface area (Å²) in [5, 5.41) is 7.07.